The van der Waals surface area contributed by atoms with Gasteiger partial charge >= 0.3 is 12.1 Å². The van der Waals surface area contributed by atoms with Gasteiger partial charge < -0.3 is 14.7 Å². The van der Waals surface area contributed by atoms with Crippen molar-refractivity contribution in [3.63, 3.8) is 0 Å². The van der Waals surface area contributed by atoms with Gasteiger partial charge in [0, 0.05) is 18.0 Å². The van der Waals surface area contributed by atoms with E-state index in [1.807, 2.05) is 12.0 Å². The summed E-state index contributed by atoms with van der Waals surface area (Å²) >= 11 is 0. The summed E-state index contributed by atoms with van der Waals surface area (Å²) in [6.45, 7) is 6.27. The fraction of sp³-hybridized carbons (Fsp3) is 0.538. The Morgan fingerprint density at radius 2 is 2.11 bits per heavy atom. The van der Waals surface area contributed by atoms with Gasteiger partial charge in [0.15, 0.2) is 0 Å². The molecule has 5 heteroatoms. The number of carbonyl (C=O) groups excluding carboxylic acids is 1. The van der Waals surface area contributed by atoms with E-state index < -0.39 is 17.7 Å². The summed E-state index contributed by atoms with van der Waals surface area (Å²) in [4.78, 5) is 23.7. The summed E-state index contributed by atoms with van der Waals surface area (Å²) in [6.07, 6.45) is 2.10. The van der Waals surface area contributed by atoms with E-state index >= 15 is 0 Å². The van der Waals surface area contributed by atoms with Gasteiger partial charge in [-0.05, 0) is 27.2 Å². The maximum Gasteiger partial charge on any atom is 0.410 e. The van der Waals surface area contributed by atoms with E-state index in [9.17, 15) is 9.59 Å². The largest absolute Gasteiger partial charge is 0.472 e. The van der Waals surface area contributed by atoms with E-state index in [4.69, 9.17) is 9.84 Å². The number of carboxylic acids is 1. The van der Waals surface area contributed by atoms with Gasteiger partial charge in [0.2, 0.25) is 0 Å². The average molecular weight is 251 g/mol. The van der Waals surface area contributed by atoms with Crippen LogP contribution >= 0.6 is 0 Å². The van der Waals surface area contributed by atoms with E-state index in [1.165, 1.54) is 4.90 Å². The lowest BCUT2D eigenvalue weighted by molar-refractivity contribution is -0.130. The molecule has 1 N–H and O–H groups in total. The highest BCUT2D eigenvalue weighted by molar-refractivity contribution is 5.87. The van der Waals surface area contributed by atoms with Crippen LogP contribution in [0.3, 0.4) is 0 Å². The lowest BCUT2D eigenvalue weighted by Gasteiger charge is -2.29. The summed E-state index contributed by atoms with van der Waals surface area (Å²) in [7, 11) is 0. The predicted molar refractivity (Wildman–Crippen MR) is 65.9 cm³/mol. The summed E-state index contributed by atoms with van der Waals surface area (Å²) in [5.74, 6) is 3.40. The van der Waals surface area contributed by atoms with Crippen molar-refractivity contribution in [2.45, 2.75) is 32.8 Å². The lowest BCUT2D eigenvalue weighted by atomic mass is 10.1. The normalized spacial score (nSPS) is 15.3. The molecule has 1 heterocycles. The molecule has 0 saturated heterocycles. The van der Waals surface area contributed by atoms with Crippen molar-refractivity contribution >= 4 is 12.1 Å². The zero-order valence-electron chi connectivity index (χ0n) is 10.8. The van der Waals surface area contributed by atoms with Gasteiger partial charge in [0.05, 0.1) is 6.54 Å². The predicted octanol–water partition coefficient (Wildman–Crippen LogP) is 1.64. The molecule has 0 aromatic heterocycles. The maximum atomic E-state index is 11.8. The molecule has 0 atom stereocenters. The van der Waals surface area contributed by atoms with Gasteiger partial charge in [-0.1, -0.05) is 12.0 Å². The van der Waals surface area contributed by atoms with Crippen LogP contribution in [0.15, 0.2) is 11.6 Å². The Balaban J connectivity index is 2.63. The molecule has 1 amide bonds. The van der Waals surface area contributed by atoms with E-state index in [1.54, 1.807) is 20.8 Å². The van der Waals surface area contributed by atoms with Crippen molar-refractivity contribution in [3.05, 3.63) is 11.6 Å². The van der Waals surface area contributed by atoms with Crippen LogP contribution in [0.2, 0.25) is 0 Å². The van der Waals surface area contributed by atoms with Crippen molar-refractivity contribution < 1.29 is 19.4 Å². The fourth-order valence-electron chi connectivity index (χ4n) is 1.45. The third-order valence-corrected chi connectivity index (χ3v) is 2.13. The monoisotopic (exact) mass is 251 g/mol. The summed E-state index contributed by atoms with van der Waals surface area (Å²) in [5.41, 5.74) is 0.0972. The first-order valence-electron chi connectivity index (χ1n) is 5.70. The summed E-state index contributed by atoms with van der Waals surface area (Å²) in [6, 6.07) is 0. The number of aliphatic carboxylic acids is 1. The second-order valence-electron chi connectivity index (χ2n) is 4.98. The van der Waals surface area contributed by atoms with Crippen molar-refractivity contribution in [2.24, 2.45) is 0 Å². The minimum atomic E-state index is -1.18. The highest BCUT2D eigenvalue weighted by atomic mass is 16.6. The van der Waals surface area contributed by atoms with Crippen LogP contribution in [0.1, 0.15) is 27.2 Å². The maximum absolute atomic E-state index is 11.8. The van der Waals surface area contributed by atoms with Gasteiger partial charge in [-0.15, -0.1) is 0 Å². The van der Waals surface area contributed by atoms with Crippen LogP contribution in [0, 0.1) is 11.8 Å². The molecule has 0 bridgehead atoms. The first kappa shape index (κ1) is 14.1. The van der Waals surface area contributed by atoms with Crippen LogP contribution in [-0.4, -0.2) is 40.8 Å². The molecule has 0 saturated carbocycles. The quantitative estimate of drug-likeness (QED) is 0.665. The highest BCUT2D eigenvalue weighted by Gasteiger charge is 2.23. The zero-order valence-corrected chi connectivity index (χ0v) is 10.8. The first-order chi connectivity index (χ1) is 8.28. The Hall–Kier alpha value is -1.96. The van der Waals surface area contributed by atoms with Crippen molar-refractivity contribution in [1.82, 2.24) is 4.90 Å². The van der Waals surface area contributed by atoms with Crippen molar-refractivity contribution in [2.75, 3.05) is 13.1 Å². The summed E-state index contributed by atoms with van der Waals surface area (Å²) in [5, 5.41) is 8.47. The second-order valence-corrected chi connectivity index (χ2v) is 4.98. The first-order valence-corrected chi connectivity index (χ1v) is 5.70. The Morgan fingerprint density at radius 3 is 2.67 bits per heavy atom. The number of carbonyl (C=O) groups is 2. The molecule has 1 rings (SSSR count). The molecule has 0 fully saturated rings. The minimum absolute atomic E-state index is 0.301. The van der Waals surface area contributed by atoms with E-state index in [0.29, 0.717) is 25.1 Å². The van der Waals surface area contributed by atoms with Crippen molar-refractivity contribution in [3.8, 4) is 11.8 Å². The Labute approximate surface area is 106 Å². The van der Waals surface area contributed by atoms with Crippen LogP contribution in [0.25, 0.3) is 0 Å². The number of hydrogen-bond acceptors (Lipinski definition) is 3. The zero-order chi connectivity index (χ0) is 13.8. The van der Waals surface area contributed by atoms with Crippen LogP contribution in [0.4, 0.5) is 4.79 Å². The standard InChI is InChI=1S/C13H17NO4/c1-13(2,3)18-12(17)14-8-4-5-10(9-14)6-7-11(15)16/h5H,4,8-9H2,1-3H3,(H,15,16). The lowest BCUT2D eigenvalue weighted by Crippen LogP contribution is -2.39. The van der Waals surface area contributed by atoms with E-state index in [0.717, 1.165) is 0 Å². The molecule has 0 aliphatic carbocycles. The molecule has 5 nitrogen and oxygen atoms in total. The topological polar surface area (TPSA) is 66.8 Å². The second kappa shape index (κ2) is 5.58. The third kappa shape index (κ3) is 4.91. The SMILES string of the molecule is CC(C)(C)OC(=O)N1CCC=C(C#CC(=O)O)C1. The smallest absolute Gasteiger partial charge is 0.410 e. The van der Waals surface area contributed by atoms with Crippen LogP contribution in [0.5, 0.6) is 0 Å². The van der Waals surface area contributed by atoms with Crippen LogP contribution in [-0.2, 0) is 9.53 Å². The number of carboxylic acid groups (broad SMARTS) is 1. The molecule has 1 aliphatic rings. The molecule has 0 radical (unpaired) electrons. The van der Waals surface area contributed by atoms with Gasteiger partial charge in [0.25, 0.3) is 0 Å². The Morgan fingerprint density at radius 1 is 1.44 bits per heavy atom. The van der Waals surface area contributed by atoms with E-state index in [-0.39, 0.29) is 0 Å². The molecule has 98 valence electrons. The van der Waals surface area contributed by atoms with Crippen LogP contribution < -0.4 is 0 Å². The number of amides is 1. The molecular weight excluding hydrogens is 234 g/mol. The number of hydrogen-bond donors (Lipinski definition) is 1. The Kier molecular flexibility index (Phi) is 4.38. The highest BCUT2D eigenvalue weighted by Crippen LogP contribution is 2.14. The average Bonchev–Trinajstić information content (AvgIpc) is 2.24. The van der Waals surface area contributed by atoms with Gasteiger partial charge in [-0.3, -0.25) is 0 Å². The molecule has 0 aromatic carbocycles. The van der Waals surface area contributed by atoms with E-state index in [2.05, 4.69) is 5.92 Å². The van der Waals surface area contributed by atoms with Gasteiger partial charge in [0.1, 0.15) is 5.60 Å². The molecule has 0 unspecified atom stereocenters. The molecule has 0 spiro atoms. The third-order valence-electron chi connectivity index (χ3n) is 2.13. The molecule has 1 aliphatic heterocycles. The van der Waals surface area contributed by atoms with Gasteiger partial charge in [-0.25, -0.2) is 9.59 Å². The Bertz CT molecular complexity index is 434. The fourth-order valence-corrected chi connectivity index (χ4v) is 1.45. The summed E-state index contributed by atoms with van der Waals surface area (Å²) < 4.78 is 5.25. The number of nitrogens with zero attached hydrogens (tertiary/aromatic N) is 1. The molecule has 18 heavy (non-hydrogen) atoms. The van der Waals surface area contributed by atoms with Crippen molar-refractivity contribution in [1.29, 1.82) is 0 Å². The number of ether oxygens (including phenoxy) is 1. The minimum Gasteiger partial charge on any atom is -0.472 e. The molecular formula is C13H17NO4. The molecule has 0 aromatic rings. The number of rotatable bonds is 0. The van der Waals surface area contributed by atoms with Gasteiger partial charge in [-0.2, -0.15) is 0 Å².